The minimum Gasteiger partial charge on any atom is -0.481 e. The average Bonchev–Trinajstić information content (AvgIpc) is 2.17. The molecule has 0 amide bonds. The Labute approximate surface area is 98.4 Å². The SMILES string of the molecule is C[C@H](CCCC1CCC1)C[C@H](CN)C(=O)O. The van der Waals surface area contributed by atoms with Crippen molar-refractivity contribution in [1.82, 2.24) is 0 Å². The molecule has 0 aliphatic heterocycles. The van der Waals surface area contributed by atoms with E-state index in [2.05, 4.69) is 6.92 Å². The Kier molecular flexibility index (Phi) is 5.81. The highest BCUT2D eigenvalue weighted by molar-refractivity contribution is 5.70. The molecule has 1 saturated carbocycles. The van der Waals surface area contributed by atoms with Crippen LogP contribution in [0.4, 0.5) is 0 Å². The zero-order valence-electron chi connectivity index (χ0n) is 10.3. The van der Waals surface area contributed by atoms with Crippen molar-refractivity contribution >= 4 is 5.97 Å². The average molecular weight is 227 g/mol. The Balaban J connectivity index is 2.08. The van der Waals surface area contributed by atoms with E-state index in [4.69, 9.17) is 10.8 Å². The van der Waals surface area contributed by atoms with E-state index < -0.39 is 5.97 Å². The monoisotopic (exact) mass is 227 g/mol. The van der Waals surface area contributed by atoms with E-state index in [0.29, 0.717) is 5.92 Å². The van der Waals surface area contributed by atoms with Gasteiger partial charge in [0.15, 0.2) is 0 Å². The number of rotatable bonds is 8. The van der Waals surface area contributed by atoms with Crippen LogP contribution in [0.3, 0.4) is 0 Å². The smallest absolute Gasteiger partial charge is 0.307 e. The summed E-state index contributed by atoms with van der Waals surface area (Å²) in [7, 11) is 0. The second-order valence-electron chi connectivity index (χ2n) is 5.34. The predicted octanol–water partition coefficient (Wildman–Crippen LogP) is 2.64. The molecule has 0 aromatic carbocycles. The normalized spacial score (nSPS) is 20.1. The van der Waals surface area contributed by atoms with Crippen LogP contribution in [-0.4, -0.2) is 17.6 Å². The zero-order valence-corrected chi connectivity index (χ0v) is 10.3. The molecule has 94 valence electrons. The van der Waals surface area contributed by atoms with Gasteiger partial charge in [-0.15, -0.1) is 0 Å². The maximum Gasteiger partial charge on any atom is 0.307 e. The highest BCUT2D eigenvalue weighted by Gasteiger charge is 2.20. The van der Waals surface area contributed by atoms with Crippen LogP contribution in [0.2, 0.25) is 0 Å². The number of hydrogen-bond acceptors (Lipinski definition) is 2. The van der Waals surface area contributed by atoms with Crippen LogP contribution in [0, 0.1) is 17.8 Å². The van der Waals surface area contributed by atoms with Crippen molar-refractivity contribution in [3.63, 3.8) is 0 Å². The van der Waals surface area contributed by atoms with E-state index in [-0.39, 0.29) is 12.5 Å². The van der Waals surface area contributed by atoms with Gasteiger partial charge in [0, 0.05) is 6.54 Å². The first-order valence-electron chi connectivity index (χ1n) is 6.56. The lowest BCUT2D eigenvalue weighted by atomic mass is 9.80. The molecular weight excluding hydrogens is 202 g/mol. The molecule has 0 saturated heterocycles. The largest absolute Gasteiger partial charge is 0.481 e. The van der Waals surface area contributed by atoms with Crippen LogP contribution < -0.4 is 5.73 Å². The van der Waals surface area contributed by atoms with E-state index in [1.165, 1.54) is 32.1 Å². The lowest BCUT2D eigenvalue weighted by Gasteiger charge is -2.25. The summed E-state index contributed by atoms with van der Waals surface area (Å²) < 4.78 is 0. The Bertz CT molecular complexity index is 214. The molecule has 0 aromatic heterocycles. The van der Waals surface area contributed by atoms with Crippen LogP contribution in [0.15, 0.2) is 0 Å². The van der Waals surface area contributed by atoms with E-state index in [1.54, 1.807) is 0 Å². The number of carboxylic acids is 1. The Hall–Kier alpha value is -0.570. The molecule has 1 fully saturated rings. The Morgan fingerprint density at radius 3 is 2.62 bits per heavy atom. The summed E-state index contributed by atoms with van der Waals surface area (Å²) in [5.74, 6) is 0.369. The molecule has 1 aliphatic carbocycles. The molecule has 1 aliphatic rings. The number of hydrogen-bond donors (Lipinski definition) is 2. The molecule has 0 aromatic rings. The van der Waals surface area contributed by atoms with Crippen LogP contribution >= 0.6 is 0 Å². The minimum absolute atomic E-state index is 0.266. The van der Waals surface area contributed by atoms with Gasteiger partial charge in [-0.25, -0.2) is 0 Å². The van der Waals surface area contributed by atoms with E-state index in [1.807, 2.05) is 0 Å². The van der Waals surface area contributed by atoms with Gasteiger partial charge in [0.2, 0.25) is 0 Å². The summed E-state index contributed by atoms with van der Waals surface area (Å²) in [6.07, 6.45) is 8.71. The van der Waals surface area contributed by atoms with Crippen molar-refractivity contribution in [1.29, 1.82) is 0 Å². The summed E-state index contributed by atoms with van der Waals surface area (Å²) in [5.41, 5.74) is 5.45. The van der Waals surface area contributed by atoms with E-state index in [9.17, 15) is 4.79 Å². The predicted molar refractivity (Wildman–Crippen MR) is 65.2 cm³/mol. The maximum atomic E-state index is 10.8. The molecular formula is C13H25NO2. The first kappa shape index (κ1) is 13.5. The zero-order chi connectivity index (χ0) is 12.0. The van der Waals surface area contributed by atoms with Crippen LogP contribution in [0.25, 0.3) is 0 Å². The first-order chi connectivity index (χ1) is 7.63. The van der Waals surface area contributed by atoms with Gasteiger partial charge in [-0.2, -0.15) is 0 Å². The molecule has 16 heavy (non-hydrogen) atoms. The molecule has 0 spiro atoms. The third-order valence-corrected chi connectivity index (χ3v) is 3.85. The molecule has 3 nitrogen and oxygen atoms in total. The van der Waals surface area contributed by atoms with E-state index >= 15 is 0 Å². The number of aliphatic carboxylic acids is 1. The minimum atomic E-state index is -0.742. The van der Waals surface area contributed by atoms with Crippen molar-refractivity contribution in [3.8, 4) is 0 Å². The summed E-state index contributed by atoms with van der Waals surface area (Å²) in [6, 6.07) is 0. The standard InChI is InChI=1S/C13H25NO2/c1-10(8-12(9-14)13(15)16)4-2-5-11-6-3-7-11/h10-12H,2-9,14H2,1H3,(H,15,16)/t10-,12-/m1/s1. The van der Waals surface area contributed by atoms with Crippen molar-refractivity contribution in [2.24, 2.45) is 23.5 Å². The van der Waals surface area contributed by atoms with Crippen LogP contribution in [-0.2, 0) is 4.79 Å². The summed E-state index contributed by atoms with van der Waals surface area (Å²) >= 11 is 0. The van der Waals surface area contributed by atoms with Gasteiger partial charge in [-0.05, 0) is 18.3 Å². The van der Waals surface area contributed by atoms with Crippen LogP contribution in [0.1, 0.15) is 51.9 Å². The lowest BCUT2D eigenvalue weighted by Crippen LogP contribution is -2.25. The molecule has 0 unspecified atom stereocenters. The number of nitrogens with two attached hydrogens (primary N) is 1. The van der Waals surface area contributed by atoms with Crippen molar-refractivity contribution in [3.05, 3.63) is 0 Å². The van der Waals surface area contributed by atoms with Crippen molar-refractivity contribution < 1.29 is 9.90 Å². The van der Waals surface area contributed by atoms with E-state index in [0.717, 1.165) is 18.8 Å². The first-order valence-corrected chi connectivity index (χ1v) is 6.56. The molecule has 2 atom stereocenters. The highest BCUT2D eigenvalue weighted by atomic mass is 16.4. The summed E-state index contributed by atoms with van der Waals surface area (Å²) in [4.78, 5) is 10.8. The topological polar surface area (TPSA) is 63.3 Å². The second-order valence-corrected chi connectivity index (χ2v) is 5.34. The van der Waals surface area contributed by atoms with Gasteiger partial charge in [0.05, 0.1) is 5.92 Å². The molecule has 3 N–H and O–H groups in total. The second kappa shape index (κ2) is 6.89. The van der Waals surface area contributed by atoms with Gasteiger partial charge in [-0.1, -0.05) is 45.4 Å². The van der Waals surface area contributed by atoms with Gasteiger partial charge >= 0.3 is 5.97 Å². The number of carbonyl (C=O) groups is 1. The Morgan fingerprint density at radius 2 is 2.19 bits per heavy atom. The van der Waals surface area contributed by atoms with Gasteiger partial charge in [-0.3, -0.25) is 4.79 Å². The summed E-state index contributed by atoms with van der Waals surface area (Å²) in [6.45, 7) is 2.41. The van der Waals surface area contributed by atoms with Gasteiger partial charge in [0.25, 0.3) is 0 Å². The van der Waals surface area contributed by atoms with Crippen LogP contribution in [0.5, 0.6) is 0 Å². The fourth-order valence-electron chi connectivity index (χ4n) is 2.44. The van der Waals surface area contributed by atoms with Gasteiger partial charge in [0.1, 0.15) is 0 Å². The fourth-order valence-corrected chi connectivity index (χ4v) is 2.44. The molecule has 3 heteroatoms. The van der Waals surface area contributed by atoms with Gasteiger partial charge < -0.3 is 10.8 Å². The van der Waals surface area contributed by atoms with Crippen molar-refractivity contribution in [2.45, 2.75) is 51.9 Å². The maximum absolute atomic E-state index is 10.8. The molecule has 0 radical (unpaired) electrons. The van der Waals surface area contributed by atoms with Crippen molar-refractivity contribution in [2.75, 3.05) is 6.54 Å². The molecule has 0 heterocycles. The quantitative estimate of drug-likeness (QED) is 0.670. The Morgan fingerprint density at radius 1 is 1.50 bits per heavy atom. The third-order valence-electron chi connectivity index (χ3n) is 3.85. The fraction of sp³-hybridized carbons (Fsp3) is 0.923. The molecule has 0 bridgehead atoms. The lowest BCUT2D eigenvalue weighted by molar-refractivity contribution is -0.141. The highest BCUT2D eigenvalue weighted by Crippen LogP contribution is 2.31. The molecule has 1 rings (SSSR count). The summed E-state index contributed by atoms with van der Waals surface area (Å²) in [5, 5.41) is 8.90. The number of carboxylic acid groups (broad SMARTS) is 1. The third kappa shape index (κ3) is 4.52.